The van der Waals surface area contributed by atoms with Crippen LogP contribution in [0.15, 0.2) is 67.0 Å². The topological polar surface area (TPSA) is 98.1 Å². The zero-order valence-corrected chi connectivity index (χ0v) is 17.5. The van der Waals surface area contributed by atoms with Crippen molar-refractivity contribution >= 4 is 16.7 Å². The van der Waals surface area contributed by atoms with Gasteiger partial charge >= 0.3 is 0 Å². The average molecular weight is 418 g/mol. The summed E-state index contributed by atoms with van der Waals surface area (Å²) in [6.07, 6.45) is 4.31. The average Bonchev–Trinajstić information content (AvgIpc) is 3.21. The molecule has 0 amide bonds. The minimum atomic E-state index is -0.0888. The lowest BCUT2D eigenvalue weighted by Gasteiger charge is -2.14. The zero-order chi connectivity index (χ0) is 21.5. The van der Waals surface area contributed by atoms with Gasteiger partial charge in [-0.05, 0) is 35.7 Å². The van der Waals surface area contributed by atoms with Crippen molar-refractivity contribution < 1.29 is 9.47 Å². The summed E-state index contributed by atoms with van der Waals surface area (Å²) >= 11 is 0. The molecule has 7 nitrogen and oxygen atoms in total. The maximum absolute atomic E-state index is 6.25. The summed E-state index contributed by atoms with van der Waals surface area (Å²) < 4.78 is 11.0. The van der Waals surface area contributed by atoms with Crippen LogP contribution < -0.4 is 15.8 Å². The molecule has 160 valence electrons. The molecular weight excluding hydrogens is 390 g/mol. The van der Waals surface area contributed by atoms with E-state index < -0.39 is 0 Å². The second-order valence-corrected chi connectivity index (χ2v) is 7.42. The number of aromatic nitrogens is 3. The summed E-state index contributed by atoms with van der Waals surface area (Å²) in [7, 11) is 1.68. The normalized spacial score (nSPS) is 12.1. The van der Waals surface area contributed by atoms with E-state index in [0.717, 1.165) is 34.3 Å². The molecule has 0 saturated heterocycles. The molecule has 0 aliphatic rings. The molecular formula is C24H27N5O2. The van der Waals surface area contributed by atoms with Crippen LogP contribution in [0.25, 0.3) is 22.0 Å². The third-order valence-electron chi connectivity index (χ3n) is 5.01. The fraction of sp³-hybridized carbons (Fsp3) is 0.250. The minimum absolute atomic E-state index is 0.0888. The first-order valence-electron chi connectivity index (χ1n) is 10.3. The van der Waals surface area contributed by atoms with E-state index >= 15 is 0 Å². The van der Waals surface area contributed by atoms with Gasteiger partial charge in [0.1, 0.15) is 12.4 Å². The van der Waals surface area contributed by atoms with Crippen LogP contribution in [-0.4, -0.2) is 48.1 Å². The highest BCUT2D eigenvalue weighted by atomic mass is 16.5. The number of nitrogens with one attached hydrogen (secondary N) is 2. The highest BCUT2D eigenvalue weighted by Crippen LogP contribution is 2.28. The Morgan fingerprint density at radius 2 is 1.94 bits per heavy atom. The quantitative estimate of drug-likeness (QED) is 0.341. The highest BCUT2D eigenvalue weighted by Gasteiger charge is 2.10. The molecule has 0 aliphatic heterocycles. The third-order valence-corrected chi connectivity index (χ3v) is 5.01. The molecule has 0 radical (unpaired) electrons. The van der Waals surface area contributed by atoms with Crippen LogP contribution >= 0.6 is 0 Å². The standard InChI is InChI=1S/C24H27N5O2/c1-30-10-9-27-24-22-13-18(7-8-23(22)28-29-24)19-12-21(15-26-14-19)31-16-20(25)11-17-5-3-2-4-6-17/h2-8,12-15,20H,9-11,16,25H2,1H3,(H2,27,28,29)/t20-/m0/s1. The number of hydrogen-bond donors (Lipinski definition) is 3. The van der Waals surface area contributed by atoms with E-state index in [2.05, 4.69) is 38.7 Å². The fourth-order valence-corrected chi connectivity index (χ4v) is 3.43. The van der Waals surface area contributed by atoms with Crippen molar-refractivity contribution in [3.63, 3.8) is 0 Å². The Morgan fingerprint density at radius 3 is 2.77 bits per heavy atom. The number of nitrogens with zero attached hydrogens (tertiary/aromatic N) is 2. The lowest BCUT2D eigenvalue weighted by atomic mass is 10.1. The van der Waals surface area contributed by atoms with Crippen molar-refractivity contribution in [1.29, 1.82) is 0 Å². The number of nitrogens with two attached hydrogens (primary N) is 1. The molecule has 1 atom stereocenters. The van der Waals surface area contributed by atoms with Crippen LogP contribution in [0.1, 0.15) is 5.56 Å². The van der Waals surface area contributed by atoms with E-state index in [1.54, 1.807) is 13.3 Å². The second kappa shape index (κ2) is 10.1. The molecule has 0 fully saturated rings. The van der Waals surface area contributed by atoms with Gasteiger partial charge in [0.15, 0.2) is 5.82 Å². The summed E-state index contributed by atoms with van der Waals surface area (Å²) in [6.45, 7) is 1.73. The minimum Gasteiger partial charge on any atom is -0.490 e. The predicted molar refractivity (Wildman–Crippen MR) is 123 cm³/mol. The van der Waals surface area contributed by atoms with Crippen molar-refractivity contribution in [3.05, 3.63) is 72.6 Å². The van der Waals surface area contributed by atoms with Gasteiger partial charge in [-0.3, -0.25) is 10.1 Å². The maximum Gasteiger partial charge on any atom is 0.155 e. The van der Waals surface area contributed by atoms with Crippen LogP contribution in [0.2, 0.25) is 0 Å². The monoisotopic (exact) mass is 417 g/mol. The number of methoxy groups -OCH3 is 1. The molecule has 4 aromatic rings. The first kappa shape index (κ1) is 20.8. The van der Waals surface area contributed by atoms with Crippen molar-refractivity contribution in [2.75, 3.05) is 32.2 Å². The number of aromatic amines is 1. The van der Waals surface area contributed by atoms with Gasteiger partial charge in [-0.15, -0.1) is 0 Å². The highest BCUT2D eigenvalue weighted by molar-refractivity contribution is 5.93. The van der Waals surface area contributed by atoms with E-state index in [1.165, 1.54) is 5.56 Å². The van der Waals surface area contributed by atoms with E-state index in [0.29, 0.717) is 25.5 Å². The summed E-state index contributed by atoms with van der Waals surface area (Å²) in [5.74, 6) is 1.51. The Bertz CT molecular complexity index is 1110. The third kappa shape index (κ3) is 5.39. The van der Waals surface area contributed by atoms with E-state index in [9.17, 15) is 0 Å². The Balaban J connectivity index is 1.45. The van der Waals surface area contributed by atoms with Crippen molar-refractivity contribution in [1.82, 2.24) is 15.2 Å². The zero-order valence-electron chi connectivity index (χ0n) is 17.5. The van der Waals surface area contributed by atoms with Crippen LogP contribution in [0, 0.1) is 0 Å². The van der Waals surface area contributed by atoms with Crippen molar-refractivity contribution in [3.8, 4) is 16.9 Å². The molecule has 0 spiro atoms. The Hall–Kier alpha value is -3.42. The van der Waals surface area contributed by atoms with E-state index in [4.69, 9.17) is 15.2 Å². The molecule has 4 N–H and O–H groups in total. The largest absolute Gasteiger partial charge is 0.490 e. The SMILES string of the molecule is COCCNc1n[nH]c2ccc(-c3cncc(OC[C@@H](N)Cc4ccccc4)c3)cc12. The van der Waals surface area contributed by atoms with Gasteiger partial charge in [0, 0.05) is 36.8 Å². The lowest BCUT2D eigenvalue weighted by molar-refractivity contribution is 0.210. The second-order valence-electron chi connectivity index (χ2n) is 7.42. The number of H-pyrrole nitrogens is 1. The first-order chi connectivity index (χ1) is 15.2. The molecule has 2 aromatic carbocycles. The smallest absolute Gasteiger partial charge is 0.155 e. The molecule has 7 heteroatoms. The van der Waals surface area contributed by atoms with E-state index in [1.807, 2.05) is 42.6 Å². The Morgan fingerprint density at radius 1 is 1.06 bits per heavy atom. The fourth-order valence-electron chi connectivity index (χ4n) is 3.43. The van der Waals surface area contributed by atoms with Gasteiger partial charge < -0.3 is 20.5 Å². The van der Waals surface area contributed by atoms with E-state index in [-0.39, 0.29) is 6.04 Å². The number of hydrogen-bond acceptors (Lipinski definition) is 6. The molecule has 0 unspecified atom stereocenters. The molecule has 2 aromatic heterocycles. The van der Waals surface area contributed by atoms with Crippen molar-refractivity contribution in [2.24, 2.45) is 5.73 Å². The predicted octanol–water partition coefficient (Wildman–Crippen LogP) is 3.63. The van der Waals surface area contributed by atoms with Crippen LogP contribution in [0.4, 0.5) is 5.82 Å². The van der Waals surface area contributed by atoms with Gasteiger partial charge in [-0.2, -0.15) is 5.10 Å². The summed E-state index contributed by atoms with van der Waals surface area (Å²) in [5, 5.41) is 11.7. The number of rotatable bonds is 10. The first-order valence-corrected chi connectivity index (χ1v) is 10.3. The summed E-state index contributed by atoms with van der Waals surface area (Å²) in [5.41, 5.74) is 10.4. The summed E-state index contributed by atoms with van der Waals surface area (Å²) in [4.78, 5) is 4.35. The lowest BCUT2D eigenvalue weighted by Crippen LogP contribution is -2.30. The molecule has 0 aliphatic carbocycles. The Labute approximate surface area is 181 Å². The van der Waals surface area contributed by atoms with Gasteiger partial charge in [-0.25, -0.2) is 0 Å². The molecule has 0 saturated carbocycles. The number of fused-ring (bicyclic) bond motifs is 1. The maximum atomic E-state index is 6.25. The van der Waals surface area contributed by atoms with Gasteiger partial charge in [0.2, 0.25) is 0 Å². The summed E-state index contributed by atoms with van der Waals surface area (Å²) in [6, 6.07) is 18.2. The van der Waals surface area contributed by atoms with Crippen molar-refractivity contribution in [2.45, 2.75) is 12.5 Å². The molecule has 4 rings (SSSR count). The molecule has 31 heavy (non-hydrogen) atoms. The Kier molecular flexibility index (Phi) is 6.76. The number of anilines is 1. The van der Waals surface area contributed by atoms with Gasteiger partial charge in [0.25, 0.3) is 0 Å². The van der Waals surface area contributed by atoms with Gasteiger partial charge in [0.05, 0.1) is 18.3 Å². The molecule has 2 heterocycles. The van der Waals surface area contributed by atoms with Gasteiger partial charge in [-0.1, -0.05) is 36.4 Å². The van der Waals surface area contributed by atoms with Crippen LogP contribution in [0.5, 0.6) is 5.75 Å². The van der Waals surface area contributed by atoms with Crippen LogP contribution in [0.3, 0.4) is 0 Å². The van der Waals surface area contributed by atoms with Crippen LogP contribution in [-0.2, 0) is 11.2 Å². The number of benzene rings is 2. The molecule has 0 bridgehead atoms. The number of pyridine rings is 1. The number of ether oxygens (including phenoxy) is 2.